The number of rotatable bonds is 5. The van der Waals surface area contributed by atoms with Crippen LogP contribution in [0.1, 0.15) is 52.4 Å². The Morgan fingerprint density at radius 2 is 1.94 bits per heavy atom. The molecule has 1 aliphatic rings. The SMILES string of the molecule is CC(C)N(CCO)C(=O)CC1CCCCC1. The van der Waals surface area contributed by atoms with Gasteiger partial charge in [0.05, 0.1) is 6.61 Å². The van der Waals surface area contributed by atoms with E-state index >= 15 is 0 Å². The Hall–Kier alpha value is -0.570. The lowest BCUT2D eigenvalue weighted by molar-refractivity contribution is -0.134. The van der Waals surface area contributed by atoms with E-state index in [0.29, 0.717) is 18.9 Å². The number of nitrogens with zero attached hydrogens (tertiary/aromatic N) is 1. The summed E-state index contributed by atoms with van der Waals surface area (Å²) in [5.41, 5.74) is 0. The lowest BCUT2D eigenvalue weighted by atomic mass is 9.86. The van der Waals surface area contributed by atoms with Crippen molar-refractivity contribution in [2.24, 2.45) is 5.92 Å². The van der Waals surface area contributed by atoms with Crippen LogP contribution in [0.3, 0.4) is 0 Å². The summed E-state index contributed by atoms with van der Waals surface area (Å²) < 4.78 is 0. The highest BCUT2D eigenvalue weighted by molar-refractivity contribution is 5.76. The predicted molar refractivity (Wildman–Crippen MR) is 65.1 cm³/mol. The number of carbonyl (C=O) groups is 1. The highest BCUT2D eigenvalue weighted by atomic mass is 16.3. The molecule has 3 nitrogen and oxygen atoms in total. The second-order valence-electron chi connectivity index (χ2n) is 5.11. The van der Waals surface area contributed by atoms with Gasteiger partial charge in [0.1, 0.15) is 0 Å². The Labute approximate surface area is 98.8 Å². The van der Waals surface area contributed by atoms with Crippen LogP contribution in [-0.2, 0) is 4.79 Å². The Balaban J connectivity index is 2.40. The molecule has 16 heavy (non-hydrogen) atoms. The fraction of sp³-hybridized carbons (Fsp3) is 0.923. The highest BCUT2D eigenvalue weighted by Gasteiger charge is 2.22. The lowest BCUT2D eigenvalue weighted by Crippen LogP contribution is -2.39. The van der Waals surface area contributed by atoms with E-state index < -0.39 is 0 Å². The minimum absolute atomic E-state index is 0.0641. The zero-order valence-corrected chi connectivity index (χ0v) is 10.6. The molecule has 0 bridgehead atoms. The maximum absolute atomic E-state index is 12.1. The molecule has 0 aromatic heterocycles. The average molecular weight is 227 g/mol. The topological polar surface area (TPSA) is 40.5 Å². The normalized spacial score (nSPS) is 17.8. The molecule has 0 radical (unpaired) electrons. The molecule has 0 heterocycles. The van der Waals surface area contributed by atoms with Gasteiger partial charge in [0, 0.05) is 19.0 Å². The number of amides is 1. The maximum Gasteiger partial charge on any atom is 0.223 e. The van der Waals surface area contributed by atoms with E-state index in [2.05, 4.69) is 0 Å². The number of aliphatic hydroxyl groups is 1. The van der Waals surface area contributed by atoms with Gasteiger partial charge in [0.2, 0.25) is 5.91 Å². The molecule has 0 aliphatic heterocycles. The van der Waals surface area contributed by atoms with Crippen molar-refractivity contribution in [3.63, 3.8) is 0 Å². The van der Waals surface area contributed by atoms with Crippen molar-refractivity contribution in [1.29, 1.82) is 0 Å². The largest absolute Gasteiger partial charge is 0.395 e. The monoisotopic (exact) mass is 227 g/mol. The van der Waals surface area contributed by atoms with Gasteiger partial charge in [0.25, 0.3) is 0 Å². The van der Waals surface area contributed by atoms with Crippen molar-refractivity contribution < 1.29 is 9.90 Å². The van der Waals surface area contributed by atoms with E-state index in [0.717, 1.165) is 0 Å². The third-order valence-electron chi connectivity index (χ3n) is 3.47. The van der Waals surface area contributed by atoms with E-state index in [1.807, 2.05) is 13.8 Å². The number of hydrogen-bond acceptors (Lipinski definition) is 2. The average Bonchev–Trinajstić information content (AvgIpc) is 2.26. The summed E-state index contributed by atoms with van der Waals surface area (Å²) in [6, 6.07) is 0.197. The molecular formula is C13H25NO2. The molecule has 1 saturated carbocycles. The molecule has 1 amide bonds. The Bertz CT molecular complexity index is 210. The van der Waals surface area contributed by atoms with Crippen LogP contribution in [0.2, 0.25) is 0 Å². The van der Waals surface area contributed by atoms with E-state index in [-0.39, 0.29) is 18.6 Å². The molecule has 1 aliphatic carbocycles. The van der Waals surface area contributed by atoms with Crippen molar-refractivity contribution in [1.82, 2.24) is 4.90 Å². The fourth-order valence-corrected chi connectivity index (χ4v) is 2.53. The van der Waals surface area contributed by atoms with Gasteiger partial charge >= 0.3 is 0 Å². The number of carbonyl (C=O) groups excluding carboxylic acids is 1. The van der Waals surface area contributed by atoms with Crippen molar-refractivity contribution in [3.8, 4) is 0 Å². The highest BCUT2D eigenvalue weighted by Crippen LogP contribution is 2.27. The first-order valence-electron chi connectivity index (χ1n) is 6.55. The fourth-order valence-electron chi connectivity index (χ4n) is 2.53. The Morgan fingerprint density at radius 1 is 1.31 bits per heavy atom. The van der Waals surface area contributed by atoms with Crippen LogP contribution in [0.25, 0.3) is 0 Å². The van der Waals surface area contributed by atoms with Crippen LogP contribution in [-0.4, -0.2) is 35.1 Å². The van der Waals surface area contributed by atoms with E-state index in [4.69, 9.17) is 5.11 Å². The van der Waals surface area contributed by atoms with Crippen LogP contribution in [0, 0.1) is 5.92 Å². The summed E-state index contributed by atoms with van der Waals surface area (Å²) in [5.74, 6) is 0.803. The van der Waals surface area contributed by atoms with Gasteiger partial charge in [-0.15, -0.1) is 0 Å². The third kappa shape index (κ3) is 4.12. The van der Waals surface area contributed by atoms with Gasteiger partial charge in [-0.3, -0.25) is 4.79 Å². The van der Waals surface area contributed by atoms with Crippen LogP contribution in [0.4, 0.5) is 0 Å². The molecule has 0 unspecified atom stereocenters. The zero-order chi connectivity index (χ0) is 12.0. The maximum atomic E-state index is 12.1. The molecule has 0 saturated heterocycles. The minimum Gasteiger partial charge on any atom is -0.395 e. The van der Waals surface area contributed by atoms with Crippen LogP contribution < -0.4 is 0 Å². The van der Waals surface area contributed by atoms with Crippen LogP contribution in [0.5, 0.6) is 0 Å². The standard InChI is InChI=1S/C13H25NO2/c1-11(2)14(8-9-15)13(16)10-12-6-4-3-5-7-12/h11-12,15H,3-10H2,1-2H3. The summed E-state index contributed by atoms with van der Waals surface area (Å²) in [6.45, 7) is 4.56. The summed E-state index contributed by atoms with van der Waals surface area (Å²) in [7, 11) is 0. The zero-order valence-electron chi connectivity index (χ0n) is 10.6. The van der Waals surface area contributed by atoms with Gasteiger partial charge in [0.15, 0.2) is 0 Å². The van der Waals surface area contributed by atoms with Gasteiger partial charge < -0.3 is 10.0 Å². The Morgan fingerprint density at radius 3 is 2.44 bits per heavy atom. The van der Waals surface area contributed by atoms with Gasteiger partial charge in [-0.25, -0.2) is 0 Å². The van der Waals surface area contributed by atoms with Crippen molar-refractivity contribution >= 4 is 5.91 Å². The Kier molecular flexibility index (Phi) is 5.81. The molecule has 0 aromatic carbocycles. The number of hydrogen-bond donors (Lipinski definition) is 1. The molecule has 0 atom stereocenters. The molecule has 1 N–H and O–H groups in total. The van der Waals surface area contributed by atoms with E-state index in [9.17, 15) is 4.79 Å². The second-order valence-corrected chi connectivity index (χ2v) is 5.11. The van der Waals surface area contributed by atoms with E-state index in [1.165, 1.54) is 32.1 Å². The smallest absolute Gasteiger partial charge is 0.223 e. The third-order valence-corrected chi connectivity index (χ3v) is 3.47. The molecule has 3 heteroatoms. The minimum atomic E-state index is 0.0641. The van der Waals surface area contributed by atoms with Gasteiger partial charge in [-0.1, -0.05) is 19.3 Å². The first-order valence-corrected chi connectivity index (χ1v) is 6.55. The predicted octanol–water partition coefficient (Wildman–Crippen LogP) is 2.19. The van der Waals surface area contributed by atoms with Gasteiger partial charge in [-0.2, -0.15) is 0 Å². The lowest BCUT2D eigenvalue weighted by Gasteiger charge is -2.29. The first kappa shape index (κ1) is 13.5. The van der Waals surface area contributed by atoms with Crippen molar-refractivity contribution in [2.45, 2.75) is 58.4 Å². The molecule has 1 rings (SSSR count). The molecule has 94 valence electrons. The van der Waals surface area contributed by atoms with Gasteiger partial charge in [-0.05, 0) is 32.6 Å². The van der Waals surface area contributed by atoms with E-state index in [1.54, 1.807) is 4.90 Å². The molecule has 0 spiro atoms. The van der Waals surface area contributed by atoms with Crippen LogP contribution in [0.15, 0.2) is 0 Å². The molecule has 0 aromatic rings. The second kappa shape index (κ2) is 6.89. The summed E-state index contributed by atoms with van der Waals surface area (Å²) in [5, 5.41) is 8.95. The van der Waals surface area contributed by atoms with Crippen molar-refractivity contribution in [3.05, 3.63) is 0 Å². The first-order chi connectivity index (χ1) is 7.65. The summed E-state index contributed by atoms with van der Waals surface area (Å²) >= 11 is 0. The van der Waals surface area contributed by atoms with Crippen molar-refractivity contribution in [2.75, 3.05) is 13.2 Å². The number of aliphatic hydroxyl groups excluding tert-OH is 1. The molecular weight excluding hydrogens is 202 g/mol. The quantitative estimate of drug-likeness (QED) is 0.782. The summed E-state index contributed by atoms with van der Waals surface area (Å²) in [4.78, 5) is 13.9. The van der Waals surface area contributed by atoms with Crippen LogP contribution >= 0.6 is 0 Å². The summed E-state index contributed by atoms with van der Waals surface area (Å²) in [6.07, 6.45) is 6.97. The molecule has 1 fully saturated rings.